The number of hydrogen-bond acceptors (Lipinski definition) is 7. The van der Waals surface area contributed by atoms with Crippen LogP contribution in [0.5, 0.6) is 5.75 Å². The van der Waals surface area contributed by atoms with Crippen molar-refractivity contribution in [3.63, 3.8) is 0 Å². The molecule has 0 saturated heterocycles. The molecule has 1 aliphatic heterocycles. The van der Waals surface area contributed by atoms with E-state index in [1.807, 2.05) is 4.90 Å². The standard InChI is InChI=1S/C29H27ClN2O7/c30-18-9-12-25(39-16-17-7-10-19(11-8-17)32(37)38)20(15-18)27-28-21(3-1-5-23(28)33)31(14-13-26(35)36)22-4-2-6-24(34)29(22)27/h7-12,15,27H,1-6,13-14,16H2,(H,35,36). The van der Waals surface area contributed by atoms with Crippen LogP contribution in [0, 0.1) is 10.1 Å². The van der Waals surface area contributed by atoms with Gasteiger partial charge in [0.15, 0.2) is 11.6 Å². The fourth-order valence-corrected chi connectivity index (χ4v) is 5.94. The van der Waals surface area contributed by atoms with Crippen LogP contribution >= 0.6 is 11.6 Å². The van der Waals surface area contributed by atoms with Crippen molar-refractivity contribution in [1.29, 1.82) is 0 Å². The number of carbonyl (C=O) groups excluding carboxylic acids is 2. The van der Waals surface area contributed by atoms with Crippen LogP contribution in [0.2, 0.25) is 5.02 Å². The molecule has 0 radical (unpaired) electrons. The van der Waals surface area contributed by atoms with Crippen LogP contribution in [0.25, 0.3) is 0 Å². The first kappa shape index (κ1) is 26.6. The molecule has 10 heteroatoms. The number of carboxylic acids is 1. The van der Waals surface area contributed by atoms with Crippen molar-refractivity contribution >= 4 is 34.8 Å². The summed E-state index contributed by atoms with van der Waals surface area (Å²) in [6, 6.07) is 11.2. The molecule has 0 aromatic heterocycles. The van der Waals surface area contributed by atoms with E-state index in [4.69, 9.17) is 16.3 Å². The molecule has 0 unspecified atom stereocenters. The molecule has 2 aliphatic carbocycles. The zero-order valence-electron chi connectivity index (χ0n) is 21.2. The van der Waals surface area contributed by atoms with E-state index in [2.05, 4.69) is 0 Å². The second-order valence-corrected chi connectivity index (χ2v) is 10.3. The van der Waals surface area contributed by atoms with Gasteiger partial charge in [0.2, 0.25) is 0 Å². The second-order valence-electron chi connectivity index (χ2n) is 9.90. The number of nitro benzene ring substituents is 1. The van der Waals surface area contributed by atoms with Crippen molar-refractivity contribution in [2.24, 2.45) is 0 Å². The number of Topliss-reactive ketones (excluding diaryl/α,β-unsaturated/α-hetero) is 2. The normalized spacial score (nSPS) is 17.7. The largest absolute Gasteiger partial charge is 0.489 e. The molecular weight excluding hydrogens is 524 g/mol. The van der Waals surface area contributed by atoms with Gasteiger partial charge in [-0.15, -0.1) is 0 Å². The van der Waals surface area contributed by atoms with E-state index in [9.17, 15) is 29.6 Å². The van der Waals surface area contributed by atoms with Crippen LogP contribution in [0.1, 0.15) is 62.0 Å². The summed E-state index contributed by atoms with van der Waals surface area (Å²) < 4.78 is 6.18. The van der Waals surface area contributed by atoms with E-state index in [0.717, 1.165) is 11.4 Å². The zero-order chi connectivity index (χ0) is 27.7. The molecule has 1 heterocycles. The molecule has 0 spiro atoms. The van der Waals surface area contributed by atoms with E-state index in [-0.39, 0.29) is 36.8 Å². The van der Waals surface area contributed by atoms with Gasteiger partial charge in [0.25, 0.3) is 5.69 Å². The Morgan fingerprint density at radius 3 is 2.18 bits per heavy atom. The summed E-state index contributed by atoms with van der Waals surface area (Å²) in [7, 11) is 0. The van der Waals surface area contributed by atoms with Crippen LogP contribution in [0.4, 0.5) is 5.69 Å². The number of rotatable bonds is 8. The predicted molar refractivity (Wildman–Crippen MR) is 142 cm³/mol. The Labute approximate surface area is 229 Å². The van der Waals surface area contributed by atoms with Gasteiger partial charge in [0.1, 0.15) is 12.4 Å². The Morgan fingerprint density at radius 1 is 1.00 bits per heavy atom. The molecule has 0 amide bonds. The average molecular weight is 551 g/mol. The molecule has 9 nitrogen and oxygen atoms in total. The first-order chi connectivity index (χ1) is 18.7. The lowest BCUT2D eigenvalue weighted by molar-refractivity contribution is -0.384. The number of nitro groups is 1. The monoisotopic (exact) mass is 550 g/mol. The molecule has 2 aromatic carbocycles. The molecule has 1 N–H and O–H groups in total. The third-order valence-electron chi connectivity index (χ3n) is 7.46. The number of carbonyl (C=O) groups is 3. The minimum atomic E-state index is -0.942. The summed E-state index contributed by atoms with van der Waals surface area (Å²) in [4.78, 5) is 50.8. The zero-order valence-corrected chi connectivity index (χ0v) is 21.9. The first-order valence-electron chi connectivity index (χ1n) is 12.9. The fraction of sp³-hybridized carbons (Fsp3) is 0.345. The Morgan fingerprint density at radius 2 is 1.62 bits per heavy atom. The van der Waals surface area contributed by atoms with E-state index < -0.39 is 16.8 Å². The molecule has 0 bridgehead atoms. The van der Waals surface area contributed by atoms with E-state index >= 15 is 0 Å². The Balaban J connectivity index is 1.59. The summed E-state index contributed by atoms with van der Waals surface area (Å²) in [5.74, 6) is -1.28. The Kier molecular flexibility index (Phi) is 7.52. The van der Waals surface area contributed by atoms with Crippen molar-refractivity contribution in [1.82, 2.24) is 4.90 Å². The molecule has 0 atom stereocenters. The highest BCUT2D eigenvalue weighted by Crippen LogP contribution is 2.51. The molecule has 2 aromatic rings. The van der Waals surface area contributed by atoms with Gasteiger partial charge >= 0.3 is 5.97 Å². The number of hydrogen-bond donors (Lipinski definition) is 1. The summed E-state index contributed by atoms with van der Waals surface area (Å²) in [6.45, 7) is 0.309. The van der Waals surface area contributed by atoms with E-state index in [0.29, 0.717) is 71.6 Å². The Hall–Kier alpha value is -3.98. The van der Waals surface area contributed by atoms with Gasteiger partial charge in [-0.25, -0.2) is 0 Å². The van der Waals surface area contributed by atoms with Crippen molar-refractivity contribution in [2.45, 2.75) is 57.5 Å². The molecule has 0 fully saturated rings. The number of halogens is 1. The number of aliphatic carboxylic acids is 1. The predicted octanol–water partition coefficient (Wildman–Crippen LogP) is 5.72. The lowest BCUT2D eigenvalue weighted by Gasteiger charge is -2.44. The van der Waals surface area contributed by atoms with Crippen LogP contribution in [-0.4, -0.2) is 39.0 Å². The molecule has 39 heavy (non-hydrogen) atoms. The number of ketones is 2. The van der Waals surface area contributed by atoms with E-state index in [1.165, 1.54) is 12.1 Å². The van der Waals surface area contributed by atoms with Crippen molar-refractivity contribution in [3.8, 4) is 5.75 Å². The topological polar surface area (TPSA) is 127 Å². The molecular formula is C29H27ClN2O7. The molecule has 202 valence electrons. The maximum Gasteiger partial charge on any atom is 0.305 e. The van der Waals surface area contributed by atoms with Gasteiger partial charge in [-0.05, 0) is 61.6 Å². The number of nitrogens with zero attached hydrogens (tertiary/aromatic N) is 2. The summed E-state index contributed by atoms with van der Waals surface area (Å²) in [6.07, 6.45) is 3.12. The van der Waals surface area contributed by atoms with Crippen molar-refractivity contribution in [3.05, 3.63) is 91.3 Å². The molecule has 0 saturated carbocycles. The summed E-state index contributed by atoms with van der Waals surface area (Å²) >= 11 is 6.44. The SMILES string of the molecule is O=C(O)CCN1C2=C(C(=O)CCC2)C(c2cc(Cl)ccc2OCc2ccc([N+](=O)[O-])cc2)C2=C1CCCC2=O. The maximum absolute atomic E-state index is 13.5. The smallest absolute Gasteiger partial charge is 0.305 e. The average Bonchev–Trinajstić information content (AvgIpc) is 2.91. The Bertz CT molecular complexity index is 1380. The van der Waals surface area contributed by atoms with Gasteiger partial charge in [-0.1, -0.05) is 11.6 Å². The lowest BCUT2D eigenvalue weighted by Crippen LogP contribution is -2.40. The number of carboxylic acid groups (broad SMARTS) is 1. The summed E-state index contributed by atoms with van der Waals surface area (Å²) in [5, 5.41) is 20.8. The quantitative estimate of drug-likeness (QED) is 0.327. The van der Waals surface area contributed by atoms with Crippen molar-refractivity contribution < 1.29 is 29.2 Å². The number of non-ortho nitro benzene ring substituents is 1. The van der Waals surface area contributed by atoms with E-state index in [1.54, 1.807) is 30.3 Å². The van der Waals surface area contributed by atoms with Gasteiger partial charge in [0.05, 0.1) is 11.3 Å². The van der Waals surface area contributed by atoms with Gasteiger partial charge < -0.3 is 14.7 Å². The lowest BCUT2D eigenvalue weighted by atomic mass is 9.70. The van der Waals surface area contributed by atoms with Crippen LogP contribution < -0.4 is 4.74 Å². The highest BCUT2D eigenvalue weighted by molar-refractivity contribution is 6.30. The first-order valence-corrected chi connectivity index (χ1v) is 13.3. The number of allylic oxidation sites excluding steroid dienone is 4. The van der Waals surface area contributed by atoms with Crippen LogP contribution in [0.15, 0.2) is 65.0 Å². The minimum Gasteiger partial charge on any atom is -0.489 e. The van der Waals surface area contributed by atoms with Crippen molar-refractivity contribution in [2.75, 3.05) is 6.54 Å². The van der Waals surface area contributed by atoms with Crippen LogP contribution in [-0.2, 0) is 21.0 Å². The molecule has 5 rings (SSSR count). The summed E-state index contributed by atoms with van der Waals surface area (Å²) in [5.41, 5.74) is 3.90. The molecule has 3 aliphatic rings. The third-order valence-corrected chi connectivity index (χ3v) is 7.70. The van der Waals surface area contributed by atoms with Gasteiger partial charge in [0, 0.05) is 70.6 Å². The highest BCUT2D eigenvalue weighted by atomic mass is 35.5. The minimum absolute atomic E-state index is 0.0221. The number of ether oxygens (including phenoxy) is 1. The highest BCUT2D eigenvalue weighted by Gasteiger charge is 2.44. The van der Waals surface area contributed by atoms with Gasteiger partial charge in [-0.2, -0.15) is 0 Å². The van der Waals surface area contributed by atoms with Crippen LogP contribution in [0.3, 0.4) is 0 Å². The number of benzene rings is 2. The second kappa shape index (κ2) is 11.0. The maximum atomic E-state index is 13.5. The third kappa shape index (κ3) is 5.31. The fourth-order valence-electron chi connectivity index (χ4n) is 5.76. The van der Waals surface area contributed by atoms with Gasteiger partial charge in [-0.3, -0.25) is 24.5 Å².